The highest BCUT2D eigenvalue weighted by atomic mass is 16.3. The van der Waals surface area contributed by atoms with Crippen LogP contribution < -0.4 is 0 Å². The van der Waals surface area contributed by atoms with E-state index >= 15 is 0 Å². The SMILES string of the molecule is C[C@@H]1C[C@H]1C(=O)[C@H](C#N)c1nc2ccccc2o1. The fourth-order valence-electron chi connectivity index (χ4n) is 2.19. The van der Waals surface area contributed by atoms with E-state index in [9.17, 15) is 4.79 Å². The molecule has 0 bridgehead atoms. The Bertz CT molecular complexity index is 620. The van der Waals surface area contributed by atoms with Crippen LogP contribution in [-0.2, 0) is 4.79 Å². The molecule has 4 nitrogen and oxygen atoms in total. The monoisotopic (exact) mass is 240 g/mol. The Morgan fingerprint density at radius 1 is 1.56 bits per heavy atom. The van der Waals surface area contributed by atoms with Gasteiger partial charge in [-0.25, -0.2) is 4.98 Å². The van der Waals surface area contributed by atoms with Gasteiger partial charge in [0.15, 0.2) is 17.3 Å². The van der Waals surface area contributed by atoms with Gasteiger partial charge in [-0.3, -0.25) is 4.79 Å². The first-order valence-electron chi connectivity index (χ1n) is 5.99. The maximum atomic E-state index is 12.1. The number of aromatic nitrogens is 1. The van der Waals surface area contributed by atoms with Gasteiger partial charge >= 0.3 is 0 Å². The molecule has 0 saturated heterocycles. The van der Waals surface area contributed by atoms with Crippen molar-refractivity contribution in [2.24, 2.45) is 11.8 Å². The highest BCUT2D eigenvalue weighted by molar-refractivity contribution is 5.92. The molecule has 3 rings (SSSR count). The standard InChI is InChI=1S/C14H12N2O2/c1-8-6-9(8)13(17)10(7-15)14-16-11-4-2-3-5-12(11)18-14/h2-5,8-10H,6H2,1H3/t8-,9-,10+/m1/s1. The molecular weight excluding hydrogens is 228 g/mol. The summed E-state index contributed by atoms with van der Waals surface area (Å²) < 4.78 is 5.50. The number of benzene rings is 1. The van der Waals surface area contributed by atoms with Crippen molar-refractivity contribution in [3.8, 4) is 6.07 Å². The molecular formula is C14H12N2O2. The van der Waals surface area contributed by atoms with Crippen molar-refractivity contribution in [2.45, 2.75) is 19.3 Å². The van der Waals surface area contributed by atoms with E-state index in [4.69, 9.17) is 9.68 Å². The number of hydrogen-bond acceptors (Lipinski definition) is 4. The molecule has 18 heavy (non-hydrogen) atoms. The molecule has 90 valence electrons. The summed E-state index contributed by atoms with van der Waals surface area (Å²) >= 11 is 0. The number of oxazole rings is 1. The van der Waals surface area contributed by atoms with Gasteiger partial charge in [-0.05, 0) is 24.5 Å². The minimum absolute atomic E-state index is 0.00432. The lowest BCUT2D eigenvalue weighted by Gasteiger charge is -2.01. The second kappa shape index (κ2) is 3.95. The third-order valence-corrected chi connectivity index (χ3v) is 3.45. The number of Topliss-reactive ketones (excluding diaryl/α,β-unsaturated/α-hetero) is 1. The molecule has 4 heteroatoms. The fourth-order valence-corrected chi connectivity index (χ4v) is 2.19. The summed E-state index contributed by atoms with van der Waals surface area (Å²) in [6, 6.07) is 9.29. The van der Waals surface area contributed by atoms with Crippen LogP contribution in [0.5, 0.6) is 0 Å². The fraction of sp³-hybridized carbons (Fsp3) is 0.357. The molecule has 0 aliphatic heterocycles. The second-order valence-electron chi connectivity index (χ2n) is 4.80. The molecule has 1 saturated carbocycles. The molecule has 1 heterocycles. The number of ketones is 1. The van der Waals surface area contributed by atoms with E-state index in [2.05, 4.69) is 4.98 Å². The highest BCUT2D eigenvalue weighted by Crippen LogP contribution is 2.42. The molecule has 0 N–H and O–H groups in total. The van der Waals surface area contributed by atoms with Crippen molar-refractivity contribution in [1.29, 1.82) is 5.26 Å². The van der Waals surface area contributed by atoms with Gasteiger partial charge in [-0.2, -0.15) is 5.26 Å². The van der Waals surface area contributed by atoms with E-state index in [0.717, 1.165) is 6.42 Å². The molecule has 1 aliphatic carbocycles. The first kappa shape index (κ1) is 11.0. The van der Waals surface area contributed by atoms with Crippen molar-refractivity contribution in [3.05, 3.63) is 30.2 Å². The quantitative estimate of drug-likeness (QED) is 0.827. The van der Waals surface area contributed by atoms with E-state index in [-0.39, 0.29) is 17.6 Å². The lowest BCUT2D eigenvalue weighted by molar-refractivity contribution is -0.121. The number of rotatable bonds is 3. The molecule has 0 unspecified atom stereocenters. The van der Waals surface area contributed by atoms with Crippen LogP contribution in [0.25, 0.3) is 11.1 Å². The summed E-state index contributed by atoms with van der Waals surface area (Å²) in [5, 5.41) is 9.17. The predicted molar refractivity (Wildman–Crippen MR) is 64.6 cm³/mol. The number of nitriles is 1. The molecule has 3 atom stereocenters. The van der Waals surface area contributed by atoms with Crippen molar-refractivity contribution in [3.63, 3.8) is 0 Å². The van der Waals surface area contributed by atoms with Gasteiger partial charge in [0.2, 0.25) is 5.89 Å². The van der Waals surface area contributed by atoms with E-state index in [1.165, 1.54) is 0 Å². The Hall–Kier alpha value is -2.15. The Labute approximate surface area is 104 Å². The Morgan fingerprint density at radius 2 is 2.28 bits per heavy atom. The molecule has 0 amide bonds. The summed E-state index contributed by atoms with van der Waals surface area (Å²) in [5.74, 6) is -0.311. The van der Waals surface area contributed by atoms with Gasteiger partial charge in [-0.1, -0.05) is 19.1 Å². The van der Waals surface area contributed by atoms with Crippen LogP contribution in [0.1, 0.15) is 25.2 Å². The lowest BCUT2D eigenvalue weighted by Crippen LogP contribution is -2.13. The molecule has 0 spiro atoms. The van der Waals surface area contributed by atoms with E-state index in [1.807, 2.05) is 25.1 Å². The van der Waals surface area contributed by atoms with Crippen molar-refractivity contribution in [2.75, 3.05) is 0 Å². The summed E-state index contributed by atoms with van der Waals surface area (Å²) in [6.07, 6.45) is 0.872. The van der Waals surface area contributed by atoms with Gasteiger partial charge in [0.05, 0.1) is 6.07 Å². The summed E-state index contributed by atoms with van der Waals surface area (Å²) in [6.45, 7) is 2.02. The molecule has 0 radical (unpaired) electrons. The first-order chi connectivity index (χ1) is 8.70. The zero-order chi connectivity index (χ0) is 12.7. The van der Waals surface area contributed by atoms with Crippen LogP contribution in [-0.4, -0.2) is 10.8 Å². The number of carbonyl (C=O) groups is 1. The highest BCUT2D eigenvalue weighted by Gasteiger charge is 2.44. The van der Waals surface area contributed by atoms with E-state index in [1.54, 1.807) is 12.1 Å². The van der Waals surface area contributed by atoms with Crippen LogP contribution in [0.4, 0.5) is 0 Å². The smallest absolute Gasteiger partial charge is 0.220 e. The largest absolute Gasteiger partial charge is 0.439 e. The van der Waals surface area contributed by atoms with Crippen LogP contribution >= 0.6 is 0 Å². The number of fused-ring (bicyclic) bond motifs is 1. The first-order valence-corrected chi connectivity index (χ1v) is 5.99. The Balaban J connectivity index is 1.96. The van der Waals surface area contributed by atoms with Crippen LogP contribution in [0.3, 0.4) is 0 Å². The zero-order valence-electron chi connectivity index (χ0n) is 9.96. The van der Waals surface area contributed by atoms with Crippen molar-refractivity contribution in [1.82, 2.24) is 4.98 Å². The minimum Gasteiger partial charge on any atom is -0.439 e. The molecule has 1 aromatic carbocycles. The van der Waals surface area contributed by atoms with Gasteiger partial charge in [0.1, 0.15) is 5.52 Å². The third kappa shape index (κ3) is 1.68. The molecule has 2 aromatic rings. The predicted octanol–water partition coefficient (Wildman–Crippen LogP) is 2.66. The topological polar surface area (TPSA) is 66.9 Å². The average Bonchev–Trinajstić information content (AvgIpc) is 2.95. The van der Waals surface area contributed by atoms with Crippen LogP contribution in [0.2, 0.25) is 0 Å². The van der Waals surface area contributed by atoms with Crippen molar-refractivity contribution < 1.29 is 9.21 Å². The van der Waals surface area contributed by atoms with Crippen LogP contribution in [0, 0.1) is 23.2 Å². The lowest BCUT2D eigenvalue weighted by atomic mass is 10.0. The Morgan fingerprint density at radius 3 is 2.89 bits per heavy atom. The zero-order valence-corrected chi connectivity index (χ0v) is 9.96. The maximum Gasteiger partial charge on any atom is 0.220 e. The normalized spacial score (nSPS) is 23.6. The van der Waals surface area contributed by atoms with E-state index < -0.39 is 5.92 Å². The number of hydrogen-bond donors (Lipinski definition) is 0. The molecule has 1 fully saturated rings. The van der Waals surface area contributed by atoms with Crippen LogP contribution in [0.15, 0.2) is 28.7 Å². The maximum absolute atomic E-state index is 12.1. The van der Waals surface area contributed by atoms with Gasteiger partial charge in [-0.15, -0.1) is 0 Å². The minimum atomic E-state index is -0.868. The summed E-state index contributed by atoms with van der Waals surface area (Å²) in [7, 11) is 0. The Kier molecular flexibility index (Phi) is 2.41. The average molecular weight is 240 g/mol. The third-order valence-electron chi connectivity index (χ3n) is 3.45. The van der Waals surface area contributed by atoms with Crippen molar-refractivity contribution >= 4 is 16.9 Å². The van der Waals surface area contributed by atoms with Gasteiger partial charge in [0.25, 0.3) is 0 Å². The van der Waals surface area contributed by atoms with E-state index in [0.29, 0.717) is 17.0 Å². The number of nitrogens with zero attached hydrogens (tertiary/aromatic N) is 2. The number of carbonyl (C=O) groups excluding carboxylic acids is 1. The summed E-state index contributed by atoms with van der Waals surface area (Å²) in [4.78, 5) is 16.3. The van der Waals surface area contributed by atoms with Gasteiger partial charge < -0.3 is 4.42 Å². The molecule has 1 aromatic heterocycles. The van der Waals surface area contributed by atoms with Gasteiger partial charge in [0, 0.05) is 5.92 Å². The second-order valence-corrected chi connectivity index (χ2v) is 4.80. The molecule has 1 aliphatic rings. The summed E-state index contributed by atoms with van der Waals surface area (Å²) in [5.41, 5.74) is 1.30. The number of para-hydroxylation sites is 2.